The van der Waals surface area contributed by atoms with Crippen LogP contribution in [-0.2, 0) is 0 Å². The molecule has 2 aliphatic rings. The van der Waals surface area contributed by atoms with Crippen molar-refractivity contribution in [2.45, 2.75) is 12.8 Å². The molecule has 5 rings (SSSR count). The van der Waals surface area contributed by atoms with Crippen LogP contribution in [0.15, 0.2) is 72.1 Å². The zero-order valence-electron chi connectivity index (χ0n) is 18.0. The van der Waals surface area contributed by atoms with E-state index in [-0.39, 0.29) is 11.8 Å². The number of hydrogen-bond acceptors (Lipinski definition) is 6. The van der Waals surface area contributed by atoms with Gasteiger partial charge in [-0.1, -0.05) is 12.1 Å². The first-order valence-electron chi connectivity index (χ1n) is 10.3. The lowest BCUT2D eigenvalue weighted by molar-refractivity contribution is -0.166. The lowest BCUT2D eigenvalue weighted by atomic mass is 10.0. The Morgan fingerprint density at radius 3 is 2.76 bits per heavy atom. The second-order valence-electron chi connectivity index (χ2n) is 7.74. The van der Waals surface area contributed by atoms with E-state index in [1.807, 2.05) is 25.1 Å². The highest BCUT2D eigenvalue weighted by molar-refractivity contribution is 5.99. The number of hydrogen-bond donors (Lipinski definition) is 1. The van der Waals surface area contributed by atoms with Gasteiger partial charge in [-0.15, -0.1) is 0 Å². The average Bonchev–Trinajstić information content (AvgIpc) is 2.83. The molecule has 0 saturated heterocycles. The molecule has 1 N–H and O–H groups in total. The van der Waals surface area contributed by atoms with Gasteiger partial charge in [-0.25, -0.2) is 5.43 Å². The summed E-state index contributed by atoms with van der Waals surface area (Å²) in [6.45, 7) is 1.95. The van der Waals surface area contributed by atoms with Crippen LogP contribution < -0.4 is 14.9 Å². The molecule has 164 valence electrons. The van der Waals surface area contributed by atoms with Gasteiger partial charge in [-0.3, -0.25) is 19.5 Å². The van der Waals surface area contributed by atoms with E-state index in [0.29, 0.717) is 28.2 Å². The van der Waals surface area contributed by atoms with Crippen molar-refractivity contribution < 1.29 is 19.1 Å². The van der Waals surface area contributed by atoms with Gasteiger partial charge in [-0.05, 0) is 55.0 Å². The minimum Gasteiger partial charge on any atom is -0.431 e. The van der Waals surface area contributed by atoms with Crippen molar-refractivity contribution in [3.63, 3.8) is 0 Å². The third-order valence-electron chi connectivity index (χ3n) is 5.47. The number of hydrazone groups is 1. The molecule has 3 aromatic rings. The van der Waals surface area contributed by atoms with Gasteiger partial charge in [0.25, 0.3) is 11.8 Å². The minimum absolute atomic E-state index is 0.211. The molecule has 33 heavy (non-hydrogen) atoms. The maximum Gasteiger partial charge on any atom is 0.362 e. The summed E-state index contributed by atoms with van der Waals surface area (Å²) in [6.07, 6.45) is 8.16. The summed E-state index contributed by atoms with van der Waals surface area (Å²) in [7, 11) is 1.63. The Labute approximate surface area is 190 Å². The molecule has 0 saturated carbocycles. The standard InChI is InChI=1S/C25H20N4O4/c1-16-13-18-7-10-25(29(2)24(31)20-5-3-4-6-21(20)32-25)33-22(18)19(14-16)15-27-28-23(30)17-8-11-26-12-9-17/h3-15H,1-2H3,(H,28,30)/b27-15-/t25-/m0/s1. The Balaban J connectivity index is 1.46. The van der Waals surface area contributed by atoms with Gasteiger partial charge in [0.15, 0.2) is 0 Å². The van der Waals surface area contributed by atoms with Crippen molar-refractivity contribution in [2.75, 3.05) is 7.05 Å². The SMILES string of the molecule is Cc1cc2c(c(/C=N\NC(=O)c3ccncc3)c1)O[C@]1(C=C2)Oc2ccccc2C(=O)N1C. The molecule has 2 amide bonds. The molecular weight excluding hydrogens is 420 g/mol. The van der Waals surface area contributed by atoms with Gasteiger partial charge in [-0.2, -0.15) is 5.10 Å². The second-order valence-corrected chi connectivity index (χ2v) is 7.74. The normalized spacial score (nSPS) is 18.5. The third-order valence-corrected chi connectivity index (χ3v) is 5.47. The summed E-state index contributed by atoms with van der Waals surface area (Å²) in [5, 5.41) is 4.10. The van der Waals surface area contributed by atoms with E-state index < -0.39 is 5.91 Å². The maximum atomic E-state index is 13.0. The van der Waals surface area contributed by atoms with Gasteiger partial charge in [0.1, 0.15) is 11.5 Å². The quantitative estimate of drug-likeness (QED) is 0.498. The number of pyridine rings is 1. The number of carbonyl (C=O) groups is 2. The Morgan fingerprint density at radius 2 is 1.94 bits per heavy atom. The van der Waals surface area contributed by atoms with Gasteiger partial charge in [0.05, 0.1) is 11.8 Å². The van der Waals surface area contributed by atoms with Crippen LogP contribution in [0.4, 0.5) is 0 Å². The summed E-state index contributed by atoms with van der Waals surface area (Å²) in [4.78, 5) is 30.6. The molecule has 8 heteroatoms. The van der Waals surface area contributed by atoms with Gasteiger partial charge >= 0.3 is 5.91 Å². The predicted octanol–water partition coefficient (Wildman–Crippen LogP) is 3.38. The Kier molecular flexibility index (Phi) is 4.90. The van der Waals surface area contributed by atoms with Gasteiger partial charge < -0.3 is 9.47 Å². The number of rotatable bonds is 3. The Bertz CT molecular complexity index is 1320. The molecule has 0 bridgehead atoms. The Hall–Kier alpha value is -4.46. The number of aryl methyl sites for hydroxylation is 1. The predicted molar refractivity (Wildman–Crippen MR) is 122 cm³/mol. The molecule has 3 heterocycles. The molecule has 0 fully saturated rings. The van der Waals surface area contributed by atoms with Crippen LogP contribution in [0.5, 0.6) is 11.5 Å². The zero-order valence-corrected chi connectivity index (χ0v) is 18.0. The molecule has 1 atom stereocenters. The van der Waals surface area contributed by atoms with Crippen LogP contribution >= 0.6 is 0 Å². The molecule has 8 nitrogen and oxygen atoms in total. The summed E-state index contributed by atoms with van der Waals surface area (Å²) in [5.41, 5.74) is 5.85. The van der Waals surface area contributed by atoms with Crippen molar-refractivity contribution in [3.05, 3.63) is 94.8 Å². The first-order chi connectivity index (χ1) is 16.0. The fourth-order valence-electron chi connectivity index (χ4n) is 3.79. The summed E-state index contributed by atoms with van der Waals surface area (Å²) < 4.78 is 12.5. The number of benzene rings is 2. The highest BCUT2D eigenvalue weighted by Crippen LogP contribution is 2.40. The average molecular weight is 440 g/mol. The monoisotopic (exact) mass is 440 g/mol. The highest BCUT2D eigenvalue weighted by Gasteiger charge is 2.47. The molecule has 0 radical (unpaired) electrons. The lowest BCUT2D eigenvalue weighted by Gasteiger charge is -2.44. The Morgan fingerprint density at radius 1 is 1.15 bits per heavy atom. The molecule has 1 spiro atoms. The number of likely N-dealkylation sites (N-methyl/N-ethyl adjacent to an activating group) is 1. The van der Waals surface area contributed by atoms with E-state index in [1.165, 1.54) is 23.5 Å². The fourth-order valence-corrected chi connectivity index (χ4v) is 3.79. The van der Waals surface area contributed by atoms with Crippen LogP contribution in [0.3, 0.4) is 0 Å². The van der Waals surface area contributed by atoms with Crippen molar-refractivity contribution in [1.82, 2.24) is 15.3 Å². The van der Waals surface area contributed by atoms with Crippen molar-refractivity contribution in [3.8, 4) is 11.5 Å². The number of fused-ring (bicyclic) bond motifs is 2. The van der Waals surface area contributed by atoms with Crippen LogP contribution in [0.2, 0.25) is 0 Å². The summed E-state index contributed by atoms with van der Waals surface area (Å²) >= 11 is 0. The van der Waals surface area contributed by atoms with E-state index in [0.717, 1.165) is 11.1 Å². The topological polar surface area (TPSA) is 93.1 Å². The van der Waals surface area contributed by atoms with Crippen molar-refractivity contribution in [2.24, 2.45) is 5.10 Å². The fraction of sp³-hybridized carbons (Fsp3) is 0.120. The summed E-state index contributed by atoms with van der Waals surface area (Å²) in [6, 6.07) is 14.1. The zero-order chi connectivity index (χ0) is 23.0. The van der Waals surface area contributed by atoms with Crippen molar-refractivity contribution in [1.29, 1.82) is 0 Å². The van der Waals surface area contributed by atoms with Gasteiger partial charge in [0, 0.05) is 42.2 Å². The first kappa shape index (κ1) is 20.4. The molecular formula is C25H20N4O4. The van der Waals surface area contributed by atoms with Crippen molar-refractivity contribution >= 4 is 24.1 Å². The minimum atomic E-state index is -1.43. The number of aromatic nitrogens is 1. The number of para-hydroxylation sites is 1. The molecule has 0 aliphatic carbocycles. The van der Waals surface area contributed by atoms with Crippen LogP contribution in [0, 0.1) is 6.92 Å². The molecule has 0 unspecified atom stereocenters. The van der Waals surface area contributed by atoms with E-state index in [4.69, 9.17) is 9.47 Å². The maximum absolute atomic E-state index is 13.0. The van der Waals surface area contributed by atoms with Gasteiger partial charge in [0.2, 0.25) is 0 Å². The van der Waals surface area contributed by atoms with E-state index >= 15 is 0 Å². The van der Waals surface area contributed by atoms with E-state index in [9.17, 15) is 9.59 Å². The number of nitrogens with zero attached hydrogens (tertiary/aromatic N) is 3. The molecule has 1 aromatic heterocycles. The van der Waals surface area contributed by atoms with Crippen LogP contribution in [0.1, 0.15) is 37.4 Å². The number of nitrogens with one attached hydrogen (secondary N) is 1. The van der Waals surface area contributed by atoms with Crippen LogP contribution in [0.25, 0.3) is 6.08 Å². The number of amides is 2. The lowest BCUT2D eigenvalue weighted by Crippen LogP contribution is -2.60. The number of ether oxygens (including phenoxy) is 2. The van der Waals surface area contributed by atoms with E-state index in [1.54, 1.807) is 49.5 Å². The summed E-state index contributed by atoms with van der Waals surface area (Å²) in [5.74, 6) is -1.07. The first-order valence-corrected chi connectivity index (χ1v) is 10.3. The largest absolute Gasteiger partial charge is 0.431 e. The van der Waals surface area contributed by atoms with Crippen LogP contribution in [-0.4, -0.2) is 40.9 Å². The smallest absolute Gasteiger partial charge is 0.362 e. The third kappa shape index (κ3) is 3.61. The number of carbonyl (C=O) groups excluding carboxylic acids is 2. The second kappa shape index (κ2) is 7.90. The highest BCUT2D eigenvalue weighted by atomic mass is 16.7. The molecule has 2 aliphatic heterocycles. The van der Waals surface area contributed by atoms with E-state index in [2.05, 4.69) is 15.5 Å². The molecule has 2 aromatic carbocycles.